The Balaban J connectivity index is 2.00. The third-order valence-corrected chi connectivity index (χ3v) is 5.55. The number of amides is 2. The van der Waals surface area contributed by atoms with Gasteiger partial charge in [-0.25, -0.2) is 0 Å². The zero-order chi connectivity index (χ0) is 24.8. The van der Waals surface area contributed by atoms with E-state index in [1.54, 1.807) is 18.2 Å². The number of nitrogens with zero attached hydrogens (tertiary/aromatic N) is 1. The van der Waals surface area contributed by atoms with E-state index in [0.29, 0.717) is 20.7 Å². The Morgan fingerprint density at radius 1 is 1.12 bits per heavy atom. The largest absolute Gasteiger partial charge is 0.496 e. The van der Waals surface area contributed by atoms with Crippen LogP contribution in [0.3, 0.4) is 0 Å². The molecular formula is C24H19BrClN3O5. The fourth-order valence-corrected chi connectivity index (χ4v) is 3.78. The molecule has 34 heavy (non-hydrogen) atoms. The summed E-state index contributed by atoms with van der Waals surface area (Å²) in [5, 5.41) is 16.8. The van der Waals surface area contributed by atoms with Gasteiger partial charge < -0.3 is 15.4 Å². The molecule has 0 saturated carbocycles. The summed E-state index contributed by atoms with van der Waals surface area (Å²) in [7, 11) is 1.40. The topological polar surface area (TPSA) is 111 Å². The summed E-state index contributed by atoms with van der Waals surface area (Å²) < 4.78 is 5.88. The summed E-state index contributed by atoms with van der Waals surface area (Å²) in [4.78, 5) is 36.8. The van der Waals surface area contributed by atoms with Gasteiger partial charge in [-0.15, -0.1) is 0 Å². The lowest BCUT2D eigenvalue weighted by Crippen LogP contribution is -2.31. The number of carbonyl (C=O) groups is 2. The number of non-ortho nitro benzene ring substituents is 1. The van der Waals surface area contributed by atoms with Crippen molar-refractivity contribution < 1.29 is 19.2 Å². The lowest BCUT2D eigenvalue weighted by atomic mass is 10.1. The Labute approximate surface area is 208 Å². The number of benzene rings is 3. The molecule has 0 fully saturated rings. The van der Waals surface area contributed by atoms with Gasteiger partial charge in [-0.1, -0.05) is 29.8 Å². The molecule has 0 atom stereocenters. The molecule has 174 valence electrons. The molecule has 0 aromatic heterocycles. The molecule has 3 rings (SSSR count). The van der Waals surface area contributed by atoms with Crippen molar-refractivity contribution in [3.8, 4) is 5.75 Å². The number of carbonyl (C=O) groups excluding carboxylic acids is 2. The Morgan fingerprint density at radius 3 is 2.56 bits per heavy atom. The fraction of sp³-hybridized carbons (Fsp3) is 0.0833. The molecule has 3 aromatic rings. The van der Waals surface area contributed by atoms with Crippen LogP contribution in [0.5, 0.6) is 5.75 Å². The van der Waals surface area contributed by atoms with Gasteiger partial charge >= 0.3 is 0 Å². The number of aryl methyl sites for hydroxylation is 1. The van der Waals surface area contributed by atoms with Gasteiger partial charge in [-0.2, -0.15) is 0 Å². The number of ether oxygens (including phenoxy) is 1. The van der Waals surface area contributed by atoms with Crippen LogP contribution in [0.2, 0.25) is 5.02 Å². The third-order valence-electron chi connectivity index (χ3n) is 4.66. The van der Waals surface area contributed by atoms with E-state index in [9.17, 15) is 19.7 Å². The Hall–Kier alpha value is -3.69. The predicted molar refractivity (Wildman–Crippen MR) is 134 cm³/mol. The van der Waals surface area contributed by atoms with Gasteiger partial charge in [0, 0.05) is 21.6 Å². The zero-order valence-corrected chi connectivity index (χ0v) is 20.4. The summed E-state index contributed by atoms with van der Waals surface area (Å²) in [5.41, 5.74) is 1.64. The minimum absolute atomic E-state index is 0.115. The van der Waals surface area contributed by atoms with Crippen molar-refractivity contribution in [1.29, 1.82) is 0 Å². The first-order valence-electron chi connectivity index (χ1n) is 9.86. The number of halogens is 2. The number of nitro groups is 1. The van der Waals surface area contributed by atoms with Crippen molar-refractivity contribution in [1.82, 2.24) is 5.32 Å². The van der Waals surface area contributed by atoms with Gasteiger partial charge in [0.2, 0.25) is 0 Å². The number of anilines is 1. The quantitative estimate of drug-likeness (QED) is 0.224. The van der Waals surface area contributed by atoms with Gasteiger partial charge in [0.1, 0.15) is 11.4 Å². The van der Waals surface area contributed by atoms with E-state index < -0.39 is 16.7 Å². The second-order valence-corrected chi connectivity index (χ2v) is 8.44. The van der Waals surface area contributed by atoms with E-state index >= 15 is 0 Å². The van der Waals surface area contributed by atoms with Gasteiger partial charge in [-0.3, -0.25) is 19.7 Å². The molecule has 0 aliphatic rings. The first kappa shape index (κ1) is 24.9. The number of nitro benzene ring substituents is 1. The number of hydrogen-bond donors (Lipinski definition) is 2. The van der Waals surface area contributed by atoms with Crippen molar-refractivity contribution in [2.45, 2.75) is 6.92 Å². The van der Waals surface area contributed by atoms with Crippen molar-refractivity contribution in [3.05, 3.63) is 103 Å². The highest BCUT2D eigenvalue weighted by Crippen LogP contribution is 2.25. The summed E-state index contributed by atoms with van der Waals surface area (Å²) in [6.07, 6.45) is 1.35. The van der Waals surface area contributed by atoms with E-state index in [-0.39, 0.29) is 22.7 Å². The van der Waals surface area contributed by atoms with E-state index in [2.05, 4.69) is 26.6 Å². The molecule has 2 N–H and O–H groups in total. The molecule has 0 aliphatic heterocycles. The van der Waals surface area contributed by atoms with Crippen LogP contribution in [-0.4, -0.2) is 23.8 Å². The molecule has 0 saturated heterocycles. The summed E-state index contributed by atoms with van der Waals surface area (Å²) in [5.74, 6) is -1.02. The van der Waals surface area contributed by atoms with Crippen LogP contribution in [0.25, 0.3) is 6.08 Å². The molecule has 0 spiro atoms. The SMILES string of the molecule is COc1ccc(Cl)cc1C(=O)N/C(=C\c1cccc([N+](=O)[O-])c1)C(=O)Nc1ccc(C)cc1Br. The molecule has 2 amide bonds. The highest BCUT2D eigenvalue weighted by molar-refractivity contribution is 9.10. The van der Waals surface area contributed by atoms with E-state index in [1.165, 1.54) is 43.5 Å². The van der Waals surface area contributed by atoms with Gasteiger partial charge in [0.25, 0.3) is 17.5 Å². The van der Waals surface area contributed by atoms with Gasteiger partial charge in [0.05, 0.1) is 23.3 Å². The second kappa shape index (κ2) is 11.0. The Kier molecular flexibility index (Phi) is 8.04. The van der Waals surface area contributed by atoms with Crippen LogP contribution in [-0.2, 0) is 4.79 Å². The lowest BCUT2D eigenvalue weighted by molar-refractivity contribution is -0.384. The fourth-order valence-electron chi connectivity index (χ4n) is 3.01. The van der Waals surface area contributed by atoms with Gasteiger partial charge in [0.15, 0.2) is 0 Å². The van der Waals surface area contributed by atoms with Crippen LogP contribution in [0.1, 0.15) is 21.5 Å². The number of rotatable bonds is 7. The van der Waals surface area contributed by atoms with Crippen molar-refractivity contribution in [2.24, 2.45) is 0 Å². The van der Waals surface area contributed by atoms with Gasteiger partial charge in [-0.05, 0) is 70.4 Å². The monoisotopic (exact) mass is 543 g/mol. The molecule has 8 nitrogen and oxygen atoms in total. The smallest absolute Gasteiger partial charge is 0.272 e. The number of methoxy groups -OCH3 is 1. The molecule has 0 heterocycles. The maximum Gasteiger partial charge on any atom is 0.272 e. The average Bonchev–Trinajstić information content (AvgIpc) is 2.80. The third kappa shape index (κ3) is 6.21. The summed E-state index contributed by atoms with van der Waals surface area (Å²) >= 11 is 9.44. The maximum atomic E-state index is 13.2. The van der Waals surface area contributed by atoms with E-state index in [4.69, 9.17) is 16.3 Å². The normalized spacial score (nSPS) is 11.0. The minimum atomic E-state index is -0.644. The Bertz CT molecular complexity index is 1310. The average molecular weight is 545 g/mol. The van der Waals surface area contributed by atoms with Crippen molar-refractivity contribution in [2.75, 3.05) is 12.4 Å². The van der Waals surface area contributed by atoms with Crippen LogP contribution >= 0.6 is 27.5 Å². The van der Waals surface area contributed by atoms with Crippen molar-refractivity contribution in [3.63, 3.8) is 0 Å². The highest BCUT2D eigenvalue weighted by atomic mass is 79.9. The molecular weight excluding hydrogens is 526 g/mol. The second-order valence-electron chi connectivity index (χ2n) is 7.15. The first-order valence-corrected chi connectivity index (χ1v) is 11.0. The lowest BCUT2D eigenvalue weighted by Gasteiger charge is -2.14. The first-order chi connectivity index (χ1) is 16.2. The highest BCUT2D eigenvalue weighted by Gasteiger charge is 2.19. The van der Waals surface area contributed by atoms with Crippen LogP contribution in [0.15, 0.2) is 70.8 Å². The molecule has 3 aromatic carbocycles. The Morgan fingerprint density at radius 2 is 1.88 bits per heavy atom. The van der Waals surface area contributed by atoms with Crippen LogP contribution < -0.4 is 15.4 Å². The zero-order valence-electron chi connectivity index (χ0n) is 18.1. The van der Waals surface area contributed by atoms with Crippen LogP contribution in [0.4, 0.5) is 11.4 Å². The maximum absolute atomic E-state index is 13.2. The molecule has 0 unspecified atom stereocenters. The predicted octanol–water partition coefficient (Wildman–Crippen LogP) is 5.74. The number of nitrogens with one attached hydrogen (secondary N) is 2. The minimum Gasteiger partial charge on any atom is -0.496 e. The van der Waals surface area contributed by atoms with E-state index in [0.717, 1.165) is 5.56 Å². The summed E-state index contributed by atoms with van der Waals surface area (Å²) in [6, 6.07) is 15.6. The van der Waals surface area contributed by atoms with Crippen molar-refractivity contribution >= 4 is 56.8 Å². The molecule has 10 heteroatoms. The standard InChI is InChI=1S/C24H19BrClN3O5/c1-14-6-8-20(19(25)10-14)27-24(31)21(12-15-4-3-5-17(11-15)29(32)33)28-23(30)18-13-16(26)7-9-22(18)34-2/h3-13H,1-2H3,(H,27,31)(H,28,30)/b21-12-. The molecule has 0 aliphatic carbocycles. The summed E-state index contributed by atoms with van der Waals surface area (Å²) in [6.45, 7) is 1.91. The number of hydrogen-bond acceptors (Lipinski definition) is 5. The molecule has 0 bridgehead atoms. The molecule has 0 radical (unpaired) electrons. The van der Waals surface area contributed by atoms with E-state index in [1.807, 2.05) is 19.1 Å². The van der Waals surface area contributed by atoms with Crippen LogP contribution in [0, 0.1) is 17.0 Å².